The summed E-state index contributed by atoms with van der Waals surface area (Å²) in [4.78, 5) is 15.4. The maximum atomic E-state index is 13.1. The molecule has 1 unspecified atom stereocenters. The average molecular weight is 388 g/mol. The van der Waals surface area contributed by atoms with Crippen LogP contribution in [-0.2, 0) is 4.79 Å². The van der Waals surface area contributed by atoms with E-state index >= 15 is 0 Å². The predicted octanol–water partition coefficient (Wildman–Crippen LogP) is 4.60. The van der Waals surface area contributed by atoms with Gasteiger partial charge in [-0.1, -0.05) is 60.7 Å². The predicted molar refractivity (Wildman–Crippen MR) is 114 cm³/mol. The average Bonchev–Trinajstić information content (AvgIpc) is 3.24. The van der Waals surface area contributed by atoms with Crippen molar-refractivity contribution in [1.29, 1.82) is 0 Å². The Morgan fingerprint density at radius 3 is 2.10 bits per heavy atom. The number of benzene rings is 3. The van der Waals surface area contributed by atoms with Crippen molar-refractivity contribution in [2.45, 2.75) is 12.3 Å². The highest BCUT2D eigenvalue weighted by Crippen LogP contribution is 2.26. The Hall–Kier alpha value is -3.14. The lowest BCUT2D eigenvalue weighted by atomic mass is 9.90. The van der Waals surface area contributed by atoms with Crippen LogP contribution < -0.4 is 10.2 Å². The minimum Gasteiger partial charge on any atom is -0.371 e. The van der Waals surface area contributed by atoms with E-state index in [9.17, 15) is 9.18 Å². The molecule has 1 heterocycles. The molecule has 4 rings (SSSR count). The minimum absolute atomic E-state index is 0.0302. The molecule has 1 atom stereocenters. The van der Waals surface area contributed by atoms with Crippen LogP contribution in [0.15, 0.2) is 84.9 Å². The molecule has 0 aromatic heterocycles. The lowest BCUT2D eigenvalue weighted by Gasteiger charge is -2.21. The Kier molecular flexibility index (Phi) is 5.89. The zero-order valence-corrected chi connectivity index (χ0v) is 16.3. The summed E-state index contributed by atoms with van der Waals surface area (Å²) >= 11 is 0. The molecule has 148 valence electrons. The largest absolute Gasteiger partial charge is 0.371 e. The third-order valence-corrected chi connectivity index (χ3v) is 5.57. The molecule has 0 bridgehead atoms. The summed E-state index contributed by atoms with van der Waals surface area (Å²) in [6.07, 6.45) is 1.01. The van der Waals surface area contributed by atoms with E-state index in [1.165, 1.54) is 12.1 Å². The number of anilines is 1. The van der Waals surface area contributed by atoms with Gasteiger partial charge < -0.3 is 10.2 Å². The molecule has 1 amide bonds. The third-order valence-electron chi connectivity index (χ3n) is 5.57. The fraction of sp³-hybridized carbons (Fsp3) is 0.240. The summed E-state index contributed by atoms with van der Waals surface area (Å²) in [5.74, 6) is -0.115. The maximum absolute atomic E-state index is 13.1. The summed E-state index contributed by atoms with van der Waals surface area (Å²) in [6, 6.07) is 26.4. The third kappa shape index (κ3) is 4.65. The first-order valence-electron chi connectivity index (χ1n) is 10.1. The quantitative estimate of drug-likeness (QED) is 0.669. The Morgan fingerprint density at radius 1 is 0.931 bits per heavy atom. The fourth-order valence-electron chi connectivity index (χ4n) is 4.02. The van der Waals surface area contributed by atoms with E-state index in [1.807, 2.05) is 72.8 Å². The van der Waals surface area contributed by atoms with E-state index in [4.69, 9.17) is 0 Å². The number of hydrogen-bond donors (Lipinski definition) is 1. The zero-order valence-electron chi connectivity index (χ0n) is 16.3. The van der Waals surface area contributed by atoms with Gasteiger partial charge in [0.25, 0.3) is 0 Å². The standard InChI is InChI=1S/C25H25FN2O/c26-22-11-13-23(14-12-22)28-16-15-19(18-28)17-27-25(29)24(20-7-3-1-4-8-20)21-9-5-2-6-10-21/h1-14,19,24H,15-18H2,(H,27,29). The van der Waals surface area contributed by atoms with E-state index in [-0.39, 0.29) is 17.6 Å². The van der Waals surface area contributed by atoms with Gasteiger partial charge >= 0.3 is 0 Å². The highest BCUT2D eigenvalue weighted by molar-refractivity contribution is 5.87. The first kappa shape index (κ1) is 19.2. The Labute approximate surface area is 171 Å². The van der Waals surface area contributed by atoms with Gasteiger partial charge in [0.1, 0.15) is 5.82 Å². The molecule has 0 saturated carbocycles. The van der Waals surface area contributed by atoms with Crippen molar-refractivity contribution in [3.8, 4) is 0 Å². The molecular formula is C25H25FN2O. The number of halogens is 1. The number of amides is 1. The molecule has 1 N–H and O–H groups in total. The summed E-state index contributed by atoms with van der Waals surface area (Å²) in [5.41, 5.74) is 3.03. The molecule has 1 fully saturated rings. The second-order valence-corrected chi connectivity index (χ2v) is 7.58. The Balaban J connectivity index is 1.40. The van der Waals surface area contributed by atoms with Crippen LogP contribution in [0.25, 0.3) is 0 Å². The molecular weight excluding hydrogens is 363 g/mol. The first-order chi connectivity index (χ1) is 14.2. The first-order valence-corrected chi connectivity index (χ1v) is 10.1. The molecule has 0 spiro atoms. The highest BCUT2D eigenvalue weighted by atomic mass is 19.1. The van der Waals surface area contributed by atoms with Crippen molar-refractivity contribution in [2.24, 2.45) is 5.92 Å². The Bertz CT molecular complexity index is 889. The highest BCUT2D eigenvalue weighted by Gasteiger charge is 2.26. The van der Waals surface area contributed by atoms with Crippen LogP contribution in [0.2, 0.25) is 0 Å². The molecule has 0 aliphatic carbocycles. The molecule has 0 radical (unpaired) electrons. The molecule has 1 aliphatic rings. The molecule has 3 nitrogen and oxygen atoms in total. The van der Waals surface area contributed by atoms with E-state index in [0.29, 0.717) is 12.5 Å². The monoisotopic (exact) mass is 388 g/mol. The Morgan fingerprint density at radius 2 is 1.52 bits per heavy atom. The lowest BCUT2D eigenvalue weighted by Crippen LogP contribution is -2.35. The van der Waals surface area contributed by atoms with Crippen molar-refractivity contribution in [3.05, 3.63) is 102 Å². The van der Waals surface area contributed by atoms with Crippen molar-refractivity contribution >= 4 is 11.6 Å². The maximum Gasteiger partial charge on any atom is 0.232 e. The number of carbonyl (C=O) groups is 1. The second kappa shape index (κ2) is 8.91. The minimum atomic E-state index is -0.313. The second-order valence-electron chi connectivity index (χ2n) is 7.58. The van der Waals surface area contributed by atoms with Crippen LogP contribution in [0.4, 0.5) is 10.1 Å². The van der Waals surface area contributed by atoms with Gasteiger partial charge in [-0.25, -0.2) is 4.39 Å². The molecule has 3 aromatic rings. The van der Waals surface area contributed by atoms with Gasteiger partial charge in [-0.05, 0) is 47.7 Å². The van der Waals surface area contributed by atoms with Gasteiger partial charge in [0, 0.05) is 25.3 Å². The smallest absolute Gasteiger partial charge is 0.232 e. The van der Waals surface area contributed by atoms with Crippen molar-refractivity contribution in [3.63, 3.8) is 0 Å². The molecule has 1 aliphatic heterocycles. The van der Waals surface area contributed by atoms with Crippen LogP contribution >= 0.6 is 0 Å². The molecule has 4 heteroatoms. The van der Waals surface area contributed by atoms with Crippen molar-refractivity contribution in [1.82, 2.24) is 5.32 Å². The topological polar surface area (TPSA) is 32.3 Å². The van der Waals surface area contributed by atoms with Gasteiger partial charge in [0.2, 0.25) is 5.91 Å². The van der Waals surface area contributed by atoms with E-state index in [1.54, 1.807) is 0 Å². The molecule has 3 aromatic carbocycles. The SMILES string of the molecule is O=C(NCC1CCN(c2ccc(F)cc2)C1)C(c1ccccc1)c1ccccc1. The molecule has 1 saturated heterocycles. The summed E-state index contributed by atoms with van der Waals surface area (Å²) in [7, 11) is 0. The van der Waals surface area contributed by atoms with Crippen LogP contribution in [0.5, 0.6) is 0 Å². The van der Waals surface area contributed by atoms with Gasteiger partial charge in [0.05, 0.1) is 5.92 Å². The van der Waals surface area contributed by atoms with Crippen LogP contribution in [0, 0.1) is 11.7 Å². The van der Waals surface area contributed by atoms with Crippen molar-refractivity contribution in [2.75, 3.05) is 24.5 Å². The number of hydrogen-bond acceptors (Lipinski definition) is 2. The van der Waals surface area contributed by atoms with Gasteiger partial charge in [-0.2, -0.15) is 0 Å². The van der Waals surface area contributed by atoms with Crippen molar-refractivity contribution < 1.29 is 9.18 Å². The number of rotatable bonds is 6. The lowest BCUT2D eigenvalue weighted by molar-refractivity contribution is -0.121. The van der Waals surface area contributed by atoms with Crippen LogP contribution in [-0.4, -0.2) is 25.5 Å². The summed E-state index contributed by atoms with van der Waals surface area (Å²) < 4.78 is 13.1. The van der Waals surface area contributed by atoms with E-state index in [0.717, 1.165) is 36.3 Å². The summed E-state index contributed by atoms with van der Waals surface area (Å²) in [6.45, 7) is 2.44. The van der Waals surface area contributed by atoms with Gasteiger partial charge in [-0.15, -0.1) is 0 Å². The van der Waals surface area contributed by atoms with Gasteiger partial charge in [0.15, 0.2) is 0 Å². The summed E-state index contributed by atoms with van der Waals surface area (Å²) in [5, 5.41) is 3.18. The molecule has 29 heavy (non-hydrogen) atoms. The number of nitrogens with zero attached hydrogens (tertiary/aromatic N) is 1. The fourth-order valence-corrected chi connectivity index (χ4v) is 4.02. The number of nitrogens with one attached hydrogen (secondary N) is 1. The number of carbonyl (C=O) groups excluding carboxylic acids is 1. The normalized spacial score (nSPS) is 16.2. The van der Waals surface area contributed by atoms with Crippen LogP contribution in [0.3, 0.4) is 0 Å². The van der Waals surface area contributed by atoms with E-state index < -0.39 is 0 Å². The van der Waals surface area contributed by atoms with Gasteiger partial charge in [-0.3, -0.25) is 4.79 Å². The van der Waals surface area contributed by atoms with E-state index in [2.05, 4.69) is 10.2 Å². The van der Waals surface area contributed by atoms with Crippen LogP contribution in [0.1, 0.15) is 23.5 Å². The zero-order chi connectivity index (χ0) is 20.1.